The van der Waals surface area contributed by atoms with Crippen molar-refractivity contribution in [2.24, 2.45) is 5.41 Å². The summed E-state index contributed by atoms with van der Waals surface area (Å²) in [5.74, 6) is 1.13. The van der Waals surface area contributed by atoms with Gasteiger partial charge in [0.2, 0.25) is 0 Å². The molecule has 0 heterocycles. The Balaban J connectivity index is 0.000000268. The van der Waals surface area contributed by atoms with Gasteiger partial charge in [-0.25, -0.2) is 0 Å². The van der Waals surface area contributed by atoms with E-state index >= 15 is 0 Å². The van der Waals surface area contributed by atoms with Crippen molar-refractivity contribution >= 4 is 16.7 Å². The standard InChI is InChI=1S/C14H16.C10H14.C8H16O3/c1-3-11(2)13-9-8-12-6-4-5-7-14(12)10-13;1-3-9(2)10-7-5-4-6-8-10;1-4-8(2,3)7(10)11-6-5-9/h4-11H,3H2,1-2H3;4-9H,3H2,1-2H3;9H,4-6H2,1-3H3. The molecule has 3 heteroatoms. The molecule has 0 fully saturated rings. The first-order valence-corrected chi connectivity index (χ1v) is 13.0. The van der Waals surface area contributed by atoms with E-state index in [4.69, 9.17) is 9.84 Å². The highest BCUT2D eigenvalue weighted by Gasteiger charge is 2.26. The van der Waals surface area contributed by atoms with Crippen molar-refractivity contribution in [2.75, 3.05) is 13.2 Å². The van der Waals surface area contributed by atoms with E-state index in [-0.39, 0.29) is 19.2 Å². The first kappa shape index (κ1) is 30.4. The monoisotopic (exact) mass is 478 g/mol. The SMILES string of the molecule is CCC(C)(C)C(=O)OCCO.CCC(C)c1ccc2ccccc2c1.CCC(C)c1ccccc1. The van der Waals surface area contributed by atoms with Crippen LogP contribution in [0.1, 0.15) is 90.7 Å². The number of ether oxygens (including phenoxy) is 1. The van der Waals surface area contributed by atoms with Gasteiger partial charge in [-0.2, -0.15) is 0 Å². The number of esters is 1. The number of carbonyl (C=O) groups is 1. The fourth-order valence-corrected chi connectivity index (χ4v) is 3.25. The maximum Gasteiger partial charge on any atom is 0.311 e. The van der Waals surface area contributed by atoms with E-state index in [1.807, 2.05) is 20.8 Å². The minimum atomic E-state index is -0.421. The number of benzene rings is 3. The summed E-state index contributed by atoms with van der Waals surface area (Å²) in [4.78, 5) is 11.1. The summed E-state index contributed by atoms with van der Waals surface area (Å²) < 4.78 is 4.76. The zero-order valence-electron chi connectivity index (χ0n) is 22.9. The number of hydrogen-bond acceptors (Lipinski definition) is 3. The molecule has 3 aromatic rings. The highest BCUT2D eigenvalue weighted by molar-refractivity contribution is 5.83. The van der Waals surface area contributed by atoms with Gasteiger partial charge in [0.15, 0.2) is 0 Å². The molecule has 1 N–H and O–H groups in total. The predicted octanol–water partition coefficient (Wildman–Crippen LogP) is 8.51. The van der Waals surface area contributed by atoms with Crippen LogP contribution >= 0.6 is 0 Å². The smallest absolute Gasteiger partial charge is 0.311 e. The quantitative estimate of drug-likeness (QED) is 0.330. The van der Waals surface area contributed by atoms with Crippen molar-refractivity contribution in [3.63, 3.8) is 0 Å². The van der Waals surface area contributed by atoms with Crippen LogP contribution < -0.4 is 0 Å². The average molecular weight is 479 g/mol. The molecule has 192 valence electrons. The third-order valence-electron chi connectivity index (χ3n) is 6.70. The molecule has 0 saturated heterocycles. The van der Waals surface area contributed by atoms with Crippen molar-refractivity contribution in [3.8, 4) is 0 Å². The van der Waals surface area contributed by atoms with Crippen LogP contribution in [-0.4, -0.2) is 24.3 Å². The number of aliphatic hydroxyl groups excluding tert-OH is 1. The second-order valence-electron chi connectivity index (χ2n) is 9.73. The van der Waals surface area contributed by atoms with E-state index in [1.54, 1.807) is 0 Å². The molecule has 0 aliphatic carbocycles. The molecule has 0 spiro atoms. The van der Waals surface area contributed by atoms with Gasteiger partial charge in [-0.1, -0.05) is 107 Å². The molecule has 0 radical (unpaired) electrons. The van der Waals surface area contributed by atoms with Gasteiger partial charge in [-0.15, -0.1) is 0 Å². The lowest BCUT2D eigenvalue weighted by atomic mass is 9.91. The molecule has 0 aliphatic heterocycles. The normalized spacial score (nSPS) is 12.5. The van der Waals surface area contributed by atoms with E-state index in [9.17, 15) is 4.79 Å². The highest BCUT2D eigenvalue weighted by Crippen LogP contribution is 2.23. The van der Waals surface area contributed by atoms with Gasteiger partial charge in [0.1, 0.15) is 6.61 Å². The van der Waals surface area contributed by atoms with Crippen molar-refractivity contribution in [3.05, 3.63) is 83.9 Å². The molecule has 3 aromatic carbocycles. The minimum Gasteiger partial charge on any atom is -0.463 e. The number of hydrogen-bond donors (Lipinski definition) is 1. The molecule has 0 bridgehead atoms. The molecule has 3 rings (SSSR count). The third kappa shape index (κ3) is 10.7. The van der Waals surface area contributed by atoms with Crippen LogP contribution in [0.2, 0.25) is 0 Å². The molecule has 2 atom stereocenters. The zero-order chi connectivity index (χ0) is 26.3. The third-order valence-corrected chi connectivity index (χ3v) is 6.70. The summed E-state index contributed by atoms with van der Waals surface area (Å²) >= 11 is 0. The van der Waals surface area contributed by atoms with Crippen molar-refractivity contribution < 1.29 is 14.6 Å². The second kappa shape index (κ2) is 16.1. The van der Waals surface area contributed by atoms with Gasteiger partial charge in [-0.05, 0) is 66.8 Å². The van der Waals surface area contributed by atoms with Crippen LogP contribution in [0, 0.1) is 5.41 Å². The first-order valence-electron chi connectivity index (χ1n) is 13.0. The Labute approximate surface area is 213 Å². The Kier molecular flexibility index (Phi) is 14.0. The topological polar surface area (TPSA) is 46.5 Å². The van der Waals surface area contributed by atoms with Crippen LogP contribution in [0.25, 0.3) is 10.8 Å². The number of aliphatic hydroxyl groups is 1. The molecular formula is C32H46O3. The number of carbonyl (C=O) groups excluding carboxylic acids is 1. The molecule has 0 aromatic heterocycles. The molecule has 0 saturated carbocycles. The Morgan fingerprint density at radius 2 is 1.34 bits per heavy atom. The van der Waals surface area contributed by atoms with E-state index < -0.39 is 5.41 Å². The van der Waals surface area contributed by atoms with Crippen molar-refractivity contribution in [1.29, 1.82) is 0 Å². The molecule has 0 aliphatic rings. The molecular weight excluding hydrogens is 432 g/mol. The van der Waals surface area contributed by atoms with E-state index in [1.165, 1.54) is 34.7 Å². The summed E-state index contributed by atoms with van der Waals surface area (Å²) in [6.45, 7) is 14.6. The lowest BCUT2D eigenvalue weighted by Gasteiger charge is -2.19. The van der Waals surface area contributed by atoms with Crippen molar-refractivity contribution in [2.45, 2.75) is 79.6 Å². The number of fused-ring (bicyclic) bond motifs is 1. The first-order chi connectivity index (χ1) is 16.7. The Morgan fingerprint density at radius 3 is 1.89 bits per heavy atom. The average Bonchev–Trinajstić information content (AvgIpc) is 2.91. The maximum absolute atomic E-state index is 11.1. The zero-order valence-corrected chi connectivity index (χ0v) is 22.9. The Morgan fingerprint density at radius 1 is 0.800 bits per heavy atom. The lowest BCUT2D eigenvalue weighted by molar-refractivity contribution is -0.155. The van der Waals surface area contributed by atoms with Gasteiger partial charge < -0.3 is 9.84 Å². The largest absolute Gasteiger partial charge is 0.463 e. The fourth-order valence-electron chi connectivity index (χ4n) is 3.25. The molecule has 2 unspecified atom stereocenters. The highest BCUT2D eigenvalue weighted by atomic mass is 16.5. The summed E-state index contributed by atoms with van der Waals surface area (Å²) in [6, 6.07) is 25.9. The summed E-state index contributed by atoms with van der Waals surface area (Å²) in [7, 11) is 0. The number of rotatable bonds is 8. The minimum absolute atomic E-state index is 0.0995. The van der Waals surface area contributed by atoms with Gasteiger partial charge in [-0.3, -0.25) is 4.79 Å². The van der Waals surface area contributed by atoms with Gasteiger partial charge in [0.05, 0.1) is 12.0 Å². The second-order valence-corrected chi connectivity index (χ2v) is 9.73. The van der Waals surface area contributed by atoms with Crippen LogP contribution in [0.15, 0.2) is 72.8 Å². The van der Waals surface area contributed by atoms with Crippen LogP contribution in [0.3, 0.4) is 0 Å². The van der Waals surface area contributed by atoms with Gasteiger partial charge >= 0.3 is 5.97 Å². The lowest BCUT2D eigenvalue weighted by Crippen LogP contribution is -2.26. The van der Waals surface area contributed by atoms with Gasteiger partial charge in [0, 0.05) is 0 Å². The molecule has 0 amide bonds. The van der Waals surface area contributed by atoms with Crippen molar-refractivity contribution in [1.82, 2.24) is 0 Å². The summed E-state index contributed by atoms with van der Waals surface area (Å²) in [5, 5.41) is 11.1. The summed E-state index contributed by atoms with van der Waals surface area (Å²) in [5.41, 5.74) is 2.48. The maximum atomic E-state index is 11.1. The van der Waals surface area contributed by atoms with Gasteiger partial charge in [0.25, 0.3) is 0 Å². The van der Waals surface area contributed by atoms with Crippen LogP contribution in [0.5, 0.6) is 0 Å². The van der Waals surface area contributed by atoms with E-state index in [2.05, 4.69) is 100 Å². The van der Waals surface area contributed by atoms with E-state index in [0.29, 0.717) is 11.8 Å². The molecule has 3 nitrogen and oxygen atoms in total. The summed E-state index contributed by atoms with van der Waals surface area (Å²) in [6.07, 6.45) is 3.18. The molecule has 35 heavy (non-hydrogen) atoms. The Bertz CT molecular complexity index is 978. The Hall–Kier alpha value is -2.65. The fraction of sp³-hybridized carbons (Fsp3) is 0.469. The van der Waals surface area contributed by atoms with Crippen LogP contribution in [-0.2, 0) is 9.53 Å². The van der Waals surface area contributed by atoms with E-state index in [0.717, 1.165) is 6.42 Å². The van der Waals surface area contributed by atoms with Crippen LogP contribution in [0.4, 0.5) is 0 Å². The predicted molar refractivity (Wildman–Crippen MR) is 150 cm³/mol.